The third kappa shape index (κ3) is 3.85. The van der Waals surface area contributed by atoms with E-state index in [1.54, 1.807) is 0 Å². The highest BCUT2D eigenvalue weighted by molar-refractivity contribution is 5.85. The van der Waals surface area contributed by atoms with Gasteiger partial charge in [0.25, 0.3) is 0 Å². The molecule has 112 valence electrons. The molecule has 19 heavy (non-hydrogen) atoms. The molecule has 2 saturated carbocycles. The van der Waals surface area contributed by atoms with Crippen molar-refractivity contribution >= 4 is 18.3 Å². The Morgan fingerprint density at radius 3 is 2.47 bits per heavy atom. The van der Waals surface area contributed by atoms with Crippen LogP contribution in [0.3, 0.4) is 0 Å². The van der Waals surface area contributed by atoms with Gasteiger partial charge in [-0.25, -0.2) is 0 Å². The van der Waals surface area contributed by atoms with Gasteiger partial charge in [-0.05, 0) is 38.0 Å². The van der Waals surface area contributed by atoms with Crippen LogP contribution in [0.2, 0.25) is 0 Å². The monoisotopic (exact) mass is 288 g/mol. The molecule has 2 rings (SSSR count). The number of hydrogen-bond acceptors (Lipinski definition) is 2. The van der Waals surface area contributed by atoms with Gasteiger partial charge < -0.3 is 10.6 Å². The van der Waals surface area contributed by atoms with Crippen LogP contribution in [-0.2, 0) is 4.79 Å². The first-order valence-electron chi connectivity index (χ1n) is 7.60. The summed E-state index contributed by atoms with van der Waals surface area (Å²) in [6.45, 7) is 2.59. The fraction of sp³-hybridized carbons (Fsp3) is 0.933. The number of hydrogen-bond donors (Lipinski definition) is 1. The Balaban J connectivity index is 0.00000180. The van der Waals surface area contributed by atoms with Crippen molar-refractivity contribution in [3.8, 4) is 0 Å². The summed E-state index contributed by atoms with van der Waals surface area (Å²) in [6.07, 6.45) is 9.03. The van der Waals surface area contributed by atoms with E-state index in [2.05, 4.69) is 0 Å². The first kappa shape index (κ1) is 16.8. The van der Waals surface area contributed by atoms with E-state index in [0.717, 1.165) is 24.7 Å². The van der Waals surface area contributed by atoms with Crippen LogP contribution >= 0.6 is 12.4 Å². The van der Waals surface area contributed by atoms with Gasteiger partial charge in [-0.15, -0.1) is 12.4 Å². The van der Waals surface area contributed by atoms with Gasteiger partial charge in [-0.1, -0.05) is 25.7 Å². The molecule has 0 radical (unpaired) electrons. The summed E-state index contributed by atoms with van der Waals surface area (Å²) in [5.41, 5.74) is 5.65. The molecule has 4 atom stereocenters. The standard InChI is InChI=1S/C15H28N2O.ClH/c1-11(10-16)17(2)15(18)14-8-7-12-5-3-4-6-13(12)9-14;/h11-14H,3-10,16H2,1-2H3;1H. The van der Waals surface area contributed by atoms with Crippen molar-refractivity contribution in [1.29, 1.82) is 0 Å². The molecule has 0 saturated heterocycles. The normalized spacial score (nSPS) is 31.8. The smallest absolute Gasteiger partial charge is 0.225 e. The molecule has 0 aromatic rings. The van der Waals surface area contributed by atoms with Gasteiger partial charge in [0.1, 0.15) is 0 Å². The summed E-state index contributed by atoms with van der Waals surface area (Å²) < 4.78 is 0. The molecule has 0 aromatic carbocycles. The number of carbonyl (C=O) groups is 1. The Hall–Kier alpha value is -0.280. The lowest BCUT2D eigenvalue weighted by Gasteiger charge is -2.40. The van der Waals surface area contributed by atoms with E-state index < -0.39 is 0 Å². The number of amides is 1. The van der Waals surface area contributed by atoms with Crippen molar-refractivity contribution in [2.45, 2.75) is 57.9 Å². The van der Waals surface area contributed by atoms with E-state index in [-0.39, 0.29) is 24.4 Å². The van der Waals surface area contributed by atoms with Crippen LogP contribution in [-0.4, -0.2) is 30.4 Å². The van der Waals surface area contributed by atoms with Crippen LogP contribution in [0.1, 0.15) is 51.9 Å². The fourth-order valence-corrected chi connectivity index (χ4v) is 3.76. The maximum atomic E-state index is 12.4. The SMILES string of the molecule is CC(CN)N(C)C(=O)C1CCC2CCCCC2C1.Cl. The topological polar surface area (TPSA) is 46.3 Å². The molecule has 0 spiro atoms. The highest BCUT2D eigenvalue weighted by Gasteiger charge is 2.36. The van der Waals surface area contributed by atoms with Gasteiger partial charge in [0.05, 0.1) is 0 Å². The molecule has 0 aliphatic heterocycles. The molecule has 4 heteroatoms. The van der Waals surface area contributed by atoms with Gasteiger partial charge in [-0.3, -0.25) is 4.79 Å². The molecule has 2 aliphatic rings. The summed E-state index contributed by atoms with van der Waals surface area (Å²) in [4.78, 5) is 14.3. The predicted octanol–water partition coefficient (Wildman–Crippen LogP) is 2.82. The van der Waals surface area contributed by atoms with Crippen molar-refractivity contribution in [3.63, 3.8) is 0 Å². The molecule has 2 fully saturated rings. The first-order chi connectivity index (χ1) is 8.63. The number of rotatable bonds is 3. The van der Waals surface area contributed by atoms with Crippen molar-refractivity contribution < 1.29 is 4.79 Å². The summed E-state index contributed by atoms with van der Waals surface area (Å²) in [7, 11) is 1.91. The van der Waals surface area contributed by atoms with Gasteiger partial charge in [-0.2, -0.15) is 0 Å². The predicted molar refractivity (Wildman–Crippen MR) is 81.3 cm³/mol. The Morgan fingerprint density at radius 1 is 1.21 bits per heavy atom. The quantitative estimate of drug-likeness (QED) is 0.868. The number of nitrogens with two attached hydrogens (primary N) is 1. The molecular formula is C15H29ClN2O. The van der Waals surface area contributed by atoms with Gasteiger partial charge in [0, 0.05) is 25.6 Å². The Kier molecular flexibility index (Phi) is 6.61. The zero-order valence-electron chi connectivity index (χ0n) is 12.3. The second-order valence-electron chi connectivity index (χ2n) is 6.35. The molecule has 2 N–H and O–H groups in total. The average Bonchev–Trinajstić information content (AvgIpc) is 2.44. The van der Waals surface area contributed by atoms with Crippen LogP contribution in [0.4, 0.5) is 0 Å². The van der Waals surface area contributed by atoms with E-state index in [4.69, 9.17) is 5.73 Å². The molecule has 0 heterocycles. The van der Waals surface area contributed by atoms with Gasteiger partial charge in [0.15, 0.2) is 0 Å². The largest absolute Gasteiger partial charge is 0.342 e. The van der Waals surface area contributed by atoms with Crippen molar-refractivity contribution in [1.82, 2.24) is 4.90 Å². The molecule has 0 aromatic heterocycles. The minimum atomic E-state index is 0. The minimum absolute atomic E-state index is 0. The van der Waals surface area contributed by atoms with E-state index in [1.165, 1.54) is 32.1 Å². The summed E-state index contributed by atoms with van der Waals surface area (Å²) in [5, 5.41) is 0. The Morgan fingerprint density at radius 2 is 1.84 bits per heavy atom. The molecular weight excluding hydrogens is 260 g/mol. The number of nitrogens with zero attached hydrogens (tertiary/aromatic N) is 1. The average molecular weight is 289 g/mol. The fourth-order valence-electron chi connectivity index (χ4n) is 3.76. The molecule has 2 aliphatic carbocycles. The molecule has 3 nitrogen and oxygen atoms in total. The lowest BCUT2D eigenvalue weighted by Crippen LogP contribution is -2.44. The van der Waals surface area contributed by atoms with E-state index in [1.807, 2.05) is 18.9 Å². The lowest BCUT2D eigenvalue weighted by molar-refractivity contribution is -0.138. The van der Waals surface area contributed by atoms with E-state index >= 15 is 0 Å². The number of fused-ring (bicyclic) bond motifs is 1. The number of likely N-dealkylation sites (N-methyl/N-ethyl adjacent to an activating group) is 1. The van der Waals surface area contributed by atoms with Crippen LogP contribution in [0, 0.1) is 17.8 Å². The second-order valence-corrected chi connectivity index (χ2v) is 6.35. The Labute approximate surface area is 123 Å². The van der Waals surface area contributed by atoms with Crippen molar-refractivity contribution in [2.24, 2.45) is 23.5 Å². The second kappa shape index (κ2) is 7.49. The lowest BCUT2D eigenvalue weighted by atomic mass is 9.67. The van der Waals surface area contributed by atoms with Crippen LogP contribution in [0.25, 0.3) is 0 Å². The highest BCUT2D eigenvalue weighted by atomic mass is 35.5. The van der Waals surface area contributed by atoms with E-state index in [0.29, 0.717) is 12.5 Å². The summed E-state index contributed by atoms with van der Waals surface area (Å²) >= 11 is 0. The minimum Gasteiger partial charge on any atom is -0.342 e. The molecule has 1 amide bonds. The van der Waals surface area contributed by atoms with Crippen molar-refractivity contribution in [2.75, 3.05) is 13.6 Å². The number of carbonyl (C=O) groups excluding carboxylic acids is 1. The highest BCUT2D eigenvalue weighted by Crippen LogP contribution is 2.43. The maximum Gasteiger partial charge on any atom is 0.225 e. The number of halogens is 1. The zero-order chi connectivity index (χ0) is 13.1. The maximum absolute atomic E-state index is 12.4. The zero-order valence-corrected chi connectivity index (χ0v) is 13.1. The van der Waals surface area contributed by atoms with Gasteiger partial charge >= 0.3 is 0 Å². The molecule has 0 bridgehead atoms. The summed E-state index contributed by atoms with van der Waals surface area (Å²) in [6, 6.07) is 0.168. The Bertz CT molecular complexity index is 298. The van der Waals surface area contributed by atoms with Gasteiger partial charge in [0.2, 0.25) is 5.91 Å². The summed E-state index contributed by atoms with van der Waals surface area (Å²) in [5.74, 6) is 2.34. The van der Waals surface area contributed by atoms with Crippen molar-refractivity contribution in [3.05, 3.63) is 0 Å². The van der Waals surface area contributed by atoms with Crippen LogP contribution in [0.15, 0.2) is 0 Å². The van der Waals surface area contributed by atoms with E-state index in [9.17, 15) is 4.79 Å². The van der Waals surface area contributed by atoms with Crippen LogP contribution < -0.4 is 5.73 Å². The molecule has 4 unspecified atom stereocenters. The third-order valence-corrected chi connectivity index (χ3v) is 5.24. The third-order valence-electron chi connectivity index (χ3n) is 5.24. The first-order valence-corrected chi connectivity index (χ1v) is 7.60. The van der Waals surface area contributed by atoms with Crippen LogP contribution in [0.5, 0.6) is 0 Å².